The number of hydrogen-bond donors (Lipinski definition) is 2. The van der Waals surface area contributed by atoms with E-state index in [9.17, 15) is 0 Å². The van der Waals surface area contributed by atoms with Crippen molar-refractivity contribution < 1.29 is 0 Å². The fourth-order valence-corrected chi connectivity index (χ4v) is 2.15. The molecule has 1 heterocycles. The van der Waals surface area contributed by atoms with E-state index in [4.69, 9.17) is 0 Å². The molecule has 0 unspecified atom stereocenters. The van der Waals surface area contributed by atoms with Crippen LogP contribution in [0.3, 0.4) is 0 Å². The molecule has 2 nitrogen and oxygen atoms in total. The van der Waals surface area contributed by atoms with Crippen LogP contribution >= 0.6 is 0 Å². The van der Waals surface area contributed by atoms with Crippen LogP contribution in [-0.2, 0) is 6.54 Å². The number of nitrogens with one attached hydrogen (secondary N) is 2. The summed E-state index contributed by atoms with van der Waals surface area (Å²) in [6.07, 6.45) is 0. The van der Waals surface area contributed by atoms with E-state index in [2.05, 4.69) is 56.2 Å². The molecule has 17 heavy (non-hydrogen) atoms. The van der Waals surface area contributed by atoms with Gasteiger partial charge in [-0.2, -0.15) is 0 Å². The first-order valence-corrected chi connectivity index (χ1v) is 6.36. The van der Waals surface area contributed by atoms with Gasteiger partial charge in [0.25, 0.3) is 0 Å². The SMILES string of the molecule is Cc1ccc(C)c2[nH]c(CNCC(C)C)cc12. The average Bonchev–Trinajstić information content (AvgIpc) is 2.68. The van der Waals surface area contributed by atoms with E-state index in [0.717, 1.165) is 13.1 Å². The third kappa shape index (κ3) is 2.70. The van der Waals surface area contributed by atoms with Crippen LogP contribution in [0.2, 0.25) is 0 Å². The highest BCUT2D eigenvalue weighted by Crippen LogP contribution is 2.22. The van der Waals surface area contributed by atoms with Crippen LogP contribution in [0.25, 0.3) is 10.9 Å². The third-order valence-electron chi connectivity index (χ3n) is 3.14. The van der Waals surface area contributed by atoms with Crippen molar-refractivity contribution in [2.24, 2.45) is 5.92 Å². The Labute approximate surface area is 103 Å². The quantitative estimate of drug-likeness (QED) is 0.826. The van der Waals surface area contributed by atoms with E-state index in [1.807, 2.05) is 0 Å². The van der Waals surface area contributed by atoms with Gasteiger partial charge in [0, 0.05) is 23.1 Å². The van der Waals surface area contributed by atoms with Crippen molar-refractivity contribution in [2.45, 2.75) is 34.2 Å². The highest BCUT2D eigenvalue weighted by atomic mass is 14.9. The van der Waals surface area contributed by atoms with Gasteiger partial charge in [0.2, 0.25) is 0 Å². The number of aromatic nitrogens is 1. The second kappa shape index (κ2) is 4.92. The molecule has 2 N–H and O–H groups in total. The van der Waals surface area contributed by atoms with Crippen LogP contribution in [-0.4, -0.2) is 11.5 Å². The molecular weight excluding hydrogens is 208 g/mol. The molecule has 2 rings (SSSR count). The molecule has 0 aliphatic carbocycles. The van der Waals surface area contributed by atoms with Gasteiger partial charge in [0.15, 0.2) is 0 Å². The zero-order valence-corrected chi connectivity index (χ0v) is 11.2. The molecule has 0 fully saturated rings. The highest BCUT2D eigenvalue weighted by molar-refractivity contribution is 5.86. The maximum atomic E-state index is 3.52. The van der Waals surface area contributed by atoms with Crippen molar-refractivity contribution in [1.82, 2.24) is 10.3 Å². The lowest BCUT2D eigenvalue weighted by Crippen LogP contribution is -2.19. The van der Waals surface area contributed by atoms with Gasteiger partial charge in [0.1, 0.15) is 0 Å². The average molecular weight is 230 g/mol. The highest BCUT2D eigenvalue weighted by Gasteiger charge is 2.05. The Hall–Kier alpha value is -1.28. The summed E-state index contributed by atoms with van der Waals surface area (Å²) in [6, 6.07) is 6.64. The number of H-pyrrole nitrogens is 1. The summed E-state index contributed by atoms with van der Waals surface area (Å²) in [7, 11) is 0. The van der Waals surface area contributed by atoms with Crippen LogP contribution in [0.1, 0.15) is 30.7 Å². The Morgan fingerprint density at radius 2 is 1.88 bits per heavy atom. The Balaban J connectivity index is 2.20. The van der Waals surface area contributed by atoms with Crippen molar-refractivity contribution in [3.8, 4) is 0 Å². The van der Waals surface area contributed by atoms with Crippen LogP contribution in [0.4, 0.5) is 0 Å². The van der Waals surface area contributed by atoms with E-state index in [1.165, 1.54) is 27.7 Å². The van der Waals surface area contributed by atoms with E-state index in [1.54, 1.807) is 0 Å². The standard InChI is InChI=1S/C15H22N2/c1-10(2)8-16-9-13-7-14-11(3)5-6-12(4)15(14)17-13/h5-7,10,16-17H,8-9H2,1-4H3. The molecule has 0 bridgehead atoms. The smallest absolute Gasteiger partial charge is 0.0488 e. The van der Waals surface area contributed by atoms with Gasteiger partial charge >= 0.3 is 0 Å². The lowest BCUT2D eigenvalue weighted by molar-refractivity contribution is 0.549. The van der Waals surface area contributed by atoms with Crippen LogP contribution in [0.5, 0.6) is 0 Å². The van der Waals surface area contributed by atoms with Gasteiger partial charge in [-0.15, -0.1) is 0 Å². The lowest BCUT2D eigenvalue weighted by atomic mass is 10.1. The minimum atomic E-state index is 0.697. The molecule has 0 spiro atoms. The normalized spacial score (nSPS) is 11.6. The third-order valence-corrected chi connectivity index (χ3v) is 3.14. The summed E-state index contributed by atoms with van der Waals surface area (Å²) in [5, 5.41) is 4.82. The predicted molar refractivity (Wildman–Crippen MR) is 74.3 cm³/mol. The zero-order chi connectivity index (χ0) is 12.4. The molecule has 0 amide bonds. The number of benzene rings is 1. The molecule has 0 saturated heterocycles. The molecule has 2 heteroatoms. The fraction of sp³-hybridized carbons (Fsp3) is 0.467. The van der Waals surface area contributed by atoms with Crippen molar-refractivity contribution in [3.05, 3.63) is 35.0 Å². The molecule has 0 aliphatic rings. The molecular formula is C15H22N2. The van der Waals surface area contributed by atoms with Crippen molar-refractivity contribution in [1.29, 1.82) is 0 Å². The van der Waals surface area contributed by atoms with Crippen LogP contribution < -0.4 is 5.32 Å². The summed E-state index contributed by atoms with van der Waals surface area (Å²) in [6.45, 7) is 10.8. The Morgan fingerprint density at radius 1 is 1.18 bits per heavy atom. The molecule has 0 radical (unpaired) electrons. The van der Waals surface area contributed by atoms with Gasteiger partial charge in [-0.3, -0.25) is 0 Å². The maximum Gasteiger partial charge on any atom is 0.0488 e. The maximum absolute atomic E-state index is 3.52. The first kappa shape index (κ1) is 12.2. The van der Waals surface area contributed by atoms with Gasteiger partial charge in [-0.25, -0.2) is 0 Å². The van der Waals surface area contributed by atoms with Gasteiger partial charge in [-0.05, 0) is 43.5 Å². The van der Waals surface area contributed by atoms with E-state index < -0.39 is 0 Å². The summed E-state index contributed by atoms with van der Waals surface area (Å²) < 4.78 is 0. The number of aromatic amines is 1. The predicted octanol–water partition coefficient (Wildman–Crippen LogP) is 3.53. The Morgan fingerprint density at radius 3 is 2.53 bits per heavy atom. The molecule has 1 aromatic heterocycles. The van der Waals surface area contributed by atoms with E-state index in [-0.39, 0.29) is 0 Å². The topological polar surface area (TPSA) is 27.8 Å². The number of aryl methyl sites for hydroxylation is 2. The van der Waals surface area contributed by atoms with Crippen LogP contribution in [0, 0.1) is 19.8 Å². The largest absolute Gasteiger partial charge is 0.357 e. The number of rotatable bonds is 4. The van der Waals surface area contributed by atoms with Gasteiger partial charge in [-0.1, -0.05) is 26.0 Å². The molecule has 0 saturated carbocycles. The Kier molecular flexibility index (Phi) is 3.53. The zero-order valence-electron chi connectivity index (χ0n) is 11.2. The Bertz CT molecular complexity index is 470. The molecule has 0 atom stereocenters. The molecule has 1 aromatic carbocycles. The first-order valence-electron chi connectivity index (χ1n) is 6.36. The fourth-order valence-electron chi connectivity index (χ4n) is 2.15. The van der Waals surface area contributed by atoms with Crippen molar-refractivity contribution >= 4 is 10.9 Å². The summed E-state index contributed by atoms with van der Waals surface area (Å²) in [5.41, 5.74) is 5.22. The van der Waals surface area contributed by atoms with E-state index >= 15 is 0 Å². The van der Waals surface area contributed by atoms with Crippen molar-refractivity contribution in [3.63, 3.8) is 0 Å². The summed E-state index contributed by atoms with van der Waals surface area (Å²) >= 11 is 0. The lowest BCUT2D eigenvalue weighted by Gasteiger charge is -2.05. The first-order chi connectivity index (χ1) is 8.08. The second-order valence-electron chi connectivity index (χ2n) is 5.31. The summed E-state index contributed by atoms with van der Waals surface area (Å²) in [4.78, 5) is 3.52. The minimum Gasteiger partial charge on any atom is -0.357 e. The minimum absolute atomic E-state index is 0.697. The van der Waals surface area contributed by atoms with Crippen LogP contribution in [0.15, 0.2) is 18.2 Å². The van der Waals surface area contributed by atoms with Gasteiger partial charge < -0.3 is 10.3 Å². The van der Waals surface area contributed by atoms with E-state index in [0.29, 0.717) is 5.92 Å². The molecule has 92 valence electrons. The molecule has 2 aromatic rings. The number of fused-ring (bicyclic) bond motifs is 1. The van der Waals surface area contributed by atoms with Crippen molar-refractivity contribution in [2.75, 3.05) is 6.54 Å². The number of hydrogen-bond acceptors (Lipinski definition) is 1. The monoisotopic (exact) mass is 230 g/mol. The summed E-state index contributed by atoms with van der Waals surface area (Å²) in [5.74, 6) is 0.697. The second-order valence-corrected chi connectivity index (χ2v) is 5.31. The van der Waals surface area contributed by atoms with Gasteiger partial charge in [0.05, 0.1) is 0 Å². The molecule has 0 aliphatic heterocycles.